The summed E-state index contributed by atoms with van der Waals surface area (Å²) in [4.78, 5) is 13.6. The maximum Gasteiger partial charge on any atom is 0.410 e. The van der Waals surface area contributed by atoms with Crippen molar-refractivity contribution in [2.45, 2.75) is 44.9 Å². The molecule has 0 aliphatic carbocycles. The van der Waals surface area contributed by atoms with Gasteiger partial charge in [-0.05, 0) is 27.2 Å². The summed E-state index contributed by atoms with van der Waals surface area (Å²) in [5.41, 5.74) is -0.607. The molecule has 0 N–H and O–H groups in total. The Morgan fingerprint density at radius 1 is 1.35 bits per heavy atom. The van der Waals surface area contributed by atoms with Crippen LogP contribution in [-0.2, 0) is 23.8 Å². The maximum absolute atomic E-state index is 12.1. The lowest BCUT2D eigenvalue weighted by atomic mass is 10.2. The highest BCUT2D eigenvalue weighted by Gasteiger charge is 2.39. The largest absolute Gasteiger partial charge is 0.444 e. The first-order valence-electron chi connectivity index (χ1n) is 6.38. The van der Waals surface area contributed by atoms with Crippen LogP contribution in [0.4, 0.5) is 4.79 Å². The van der Waals surface area contributed by atoms with Crippen molar-refractivity contribution >= 4 is 16.2 Å². The molecule has 2 atom stereocenters. The van der Waals surface area contributed by atoms with Gasteiger partial charge in [0.1, 0.15) is 5.60 Å². The van der Waals surface area contributed by atoms with Gasteiger partial charge in [0, 0.05) is 7.11 Å². The average molecular weight is 309 g/mol. The molecule has 0 bridgehead atoms. The Kier molecular flexibility index (Phi) is 5.39. The minimum absolute atomic E-state index is 0.177. The zero-order chi connectivity index (χ0) is 15.6. The summed E-state index contributed by atoms with van der Waals surface area (Å²) in [5.74, 6) is 0. The predicted octanol–water partition coefficient (Wildman–Crippen LogP) is 0.987. The van der Waals surface area contributed by atoms with Crippen LogP contribution in [0.2, 0.25) is 0 Å². The molecule has 7 nitrogen and oxygen atoms in total. The fraction of sp³-hybridized carbons (Fsp3) is 0.917. The first kappa shape index (κ1) is 17.2. The van der Waals surface area contributed by atoms with Gasteiger partial charge >= 0.3 is 6.09 Å². The van der Waals surface area contributed by atoms with Crippen molar-refractivity contribution in [1.29, 1.82) is 0 Å². The Labute approximate surface area is 120 Å². The van der Waals surface area contributed by atoms with Gasteiger partial charge in [-0.3, -0.25) is 4.18 Å². The molecule has 1 heterocycles. The molecule has 1 amide bonds. The average Bonchev–Trinajstić information content (AvgIpc) is 2.56. The summed E-state index contributed by atoms with van der Waals surface area (Å²) >= 11 is 0. The third-order valence-electron chi connectivity index (χ3n) is 2.67. The highest BCUT2D eigenvalue weighted by Crippen LogP contribution is 2.24. The Morgan fingerprint density at radius 3 is 2.40 bits per heavy atom. The number of hydrogen-bond acceptors (Lipinski definition) is 6. The quantitative estimate of drug-likeness (QED) is 0.720. The van der Waals surface area contributed by atoms with E-state index in [0.717, 1.165) is 6.26 Å². The molecule has 0 aromatic carbocycles. The summed E-state index contributed by atoms with van der Waals surface area (Å²) < 4.78 is 37.7. The predicted molar refractivity (Wildman–Crippen MR) is 72.9 cm³/mol. The van der Waals surface area contributed by atoms with Gasteiger partial charge in [0.05, 0.1) is 31.6 Å². The van der Waals surface area contributed by atoms with Gasteiger partial charge in [0.25, 0.3) is 10.1 Å². The van der Waals surface area contributed by atoms with E-state index in [4.69, 9.17) is 13.7 Å². The minimum Gasteiger partial charge on any atom is -0.444 e. The van der Waals surface area contributed by atoms with E-state index in [9.17, 15) is 13.2 Å². The van der Waals surface area contributed by atoms with Crippen molar-refractivity contribution in [1.82, 2.24) is 4.90 Å². The molecule has 1 rings (SSSR count). The SMILES string of the molecule is COC[C@H]1C[C@H](OS(C)(=O)=O)CN1C(=O)OC(C)(C)C. The number of carbonyl (C=O) groups excluding carboxylic acids is 1. The van der Waals surface area contributed by atoms with Crippen LogP contribution < -0.4 is 0 Å². The van der Waals surface area contributed by atoms with E-state index >= 15 is 0 Å². The summed E-state index contributed by atoms with van der Waals surface area (Å²) in [6.45, 7) is 5.81. The molecule has 0 unspecified atom stereocenters. The highest BCUT2D eigenvalue weighted by atomic mass is 32.2. The number of likely N-dealkylation sites (tertiary alicyclic amines) is 1. The van der Waals surface area contributed by atoms with Crippen LogP contribution in [-0.4, -0.2) is 63.7 Å². The summed E-state index contributed by atoms with van der Waals surface area (Å²) in [5, 5.41) is 0. The van der Waals surface area contributed by atoms with Gasteiger partial charge in [-0.1, -0.05) is 0 Å². The first-order valence-corrected chi connectivity index (χ1v) is 8.20. The molecular formula is C12H23NO6S. The second kappa shape index (κ2) is 6.28. The molecule has 1 aliphatic rings. The molecule has 0 saturated carbocycles. The zero-order valence-electron chi connectivity index (χ0n) is 12.6. The van der Waals surface area contributed by atoms with E-state index in [-0.39, 0.29) is 12.6 Å². The fourth-order valence-corrected chi connectivity index (χ4v) is 2.72. The Morgan fingerprint density at radius 2 is 1.95 bits per heavy atom. The third-order valence-corrected chi connectivity index (χ3v) is 3.30. The third kappa shape index (κ3) is 5.64. The van der Waals surface area contributed by atoms with E-state index < -0.39 is 27.9 Å². The summed E-state index contributed by atoms with van der Waals surface area (Å²) in [6.07, 6.45) is 0.353. The van der Waals surface area contributed by atoms with E-state index in [1.54, 1.807) is 20.8 Å². The maximum atomic E-state index is 12.1. The van der Waals surface area contributed by atoms with Crippen molar-refractivity contribution in [2.24, 2.45) is 0 Å². The number of nitrogens with zero attached hydrogens (tertiary/aromatic N) is 1. The molecule has 118 valence electrons. The molecule has 8 heteroatoms. The topological polar surface area (TPSA) is 82.1 Å². The molecule has 0 radical (unpaired) electrons. The second-order valence-corrected chi connectivity index (χ2v) is 7.50. The van der Waals surface area contributed by atoms with Gasteiger partial charge in [-0.2, -0.15) is 8.42 Å². The Bertz CT molecular complexity index is 441. The molecule has 1 fully saturated rings. The zero-order valence-corrected chi connectivity index (χ0v) is 13.4. The van der Waals surface area contributed by atoms with Crippen LogP contribution in [0, 0.1) is 0 Å². The van der Waals surface area contributed by atoms with Gasteiger partial charge < -0.3 is 14.4 Å². The standard InChI is InChI=1S/C12H23NO6S/c1-12(2,3)18-11(14)13-7-10(19-20(5,15)16)6-9(13)8-17-4/h9-10H,6-8H2,1-5H3/t9-,10+/m1/s1. The summed E-state index contributed by atoms with van der Waals surface area (Å²) in [6, 6.07) is -0.249. The number of carbonyl (C=O) groups is 1. The van der Waals surface area contributed by atoms with Crippen molar-refractivity contribution in [3.05, 3.63) is 0 Å². The van der Waals surface area contributed by atoms with Crippen LogP contribution in [0.1, 0.15) is 27.2 Å². The van der Waals surface area contributed by atoms with Crippen molar-refractivity contribution in [3.63, 3.8) is 0 Å². The lowest BCUT2D eigenvalue weighted by Gasteiger charge is -2.28. The number of hydrogen-bond donors (Lipinski definition) is 0. The lowest BCUT2D eigenvalue weighted by Crippen LogP contribution is -2.42. The Hall–Kier alpha value is -0.860. The smallest absolute Gasteiger partial charge is 0.410 e. The van der Waals surface area contributed by atoms with Crippen LogP contribution >= 0.6 is 0 Å². The number of amides is 1. The second-order valence-electron chi connectivity index (χ2n) is 5.90. The van der Waals surface area contributed by atoms with Crippen LogP contribution in [0.3, 0.4) is 0 Å². The number of ether oxygens (including phenoxy) is 2. The van der Waals surface area contributed by atoms with Crippen molar-refractivity contribution in [2.75, 3.05) is 26.5 Å². The molecular weight excluding hydrogens is 286 g/mol. The molecule has 1 aliphatic heterocycles. The summed E-state index contributed by atoms with van der Waals surface area (Å²) in [7, 11) is -2.02. The lowest BCUT2D eigenvalue weighted by molar-refractivity contribution is 0.0140. The van der Waals surface area contributed by atoms with Crippen LogP contribution in [0.5, 0.6) is 0 Å². The van der Waals surface area contributed by atoms with E-state index in [0.29, 0.717) is 13.0 Å². The van der Waals surface area contributed by atoms with Gasteiger partial charge in [0.2, 0.25) is 0 Å². The molecule has 20 heavy (non-hydrogen) atoms. The molecule has 0 spiro atoms. The molecule has 0 aromatic heterocycles. The highest BCUT2D eigenvalue weighted by molar-refractivity contribution is 7.86. The van der Waals surface area contributed by atoms with E-state index in [1.165, 1.54) is 12.0 Å². The van der Waals surface area contributed by atoms with Crippen molar-refractivity contribution in [3.8, 4) is 0 Å². The van der Waals surface area contributed by atoms with E-state index in [1.807, 2.05) is 0 Å². The monoisotopic (exact) mass is 309 g/mol. The first-order chi connectivity index (χ1) is 9.02. The van der Waals surface area contributed by atoms with Crippen LogP contribution in [0.25, 0.3) is 0 Å². The van der Waals surface area contributed by atoms with Crippen LogP contribution in [0.15, 0.2) is 0 Å². The van der Waals surface area contributed by atoms with Crippen molar-refractivity contribution < 1.29 is 26.9 Å². The normalized spacial score (nSPS) is 23.9. The van der Waals surface area contributed by atoms with Gasteiger partial charge in [0.15, 0.2) is 0 Å². The Balaban J connectivity index is 2.74. The molecule has 1 saturated heterocycles. The fourth-order valence-electron chi connectivity index (χ4n) is 2.09. The van der Waals surface area contributed by atoms with Gasteiger partial charge in [-0.25, -0.2) is 4.79 Å². The number of rotatable bonds is 4. The van der Waals surface area contributed by atoms with Gasteiger partial charge in [-0.15, -0.1) is 0 Å². The number of methoxy groups -OCH3 is 1. The minimum atomic E-state index is -3.55. The van der Waals surface area contributed by atoms with E-state index in [2.05, 4.69) is 0 Å². The molecule has 0 aromatic rings.